The summed E-state index contributed by atoms with van der Waals surface area (Å²) in [6.45, 7) is 2.04. The summed E-state index contributed by atoms with van der Waals surface area (Å²) in [4.78, 5) is 4.15. The zero-order valence-electron chi connectivity index (χ0n) is 12.2. The van der Waals surface area contributed by atoms with Gasteiger partial charge in [-0.2, -0.15) is 5.26 Å². The molecule has 1 atom stereocenters. The smallest absolute Gasteiger partial charge is 0.137 e. The van der Waals surface area contributed by atoms with Gasteiger partial charge in [0.1, 0.15) is 11.8 Å². The largest absolute Gasteiger partial charge is 0.495 e. The van der Waals surface area contributed by atoms with E-state index in [4.69, 9.17) is 10.00 Å². The second-order valence-electron chi connectivity index (χ2n) is 4.79. The number of hydrogen-bond donors (Lipinski definition) is 1. The highest BCUT2D eigenvalue weighted by Crippen LogP contribution is 2.32. The minimum absolute atomic E-state index is 0.487. The molecule has 21 heavy (non-hydrogen) atoms. The maximum Gasteiger partial charge on any atom is 0.137 e. The minimum Gasteiger partial charge on any atom is -0.495 e. The SMILES string of the molecule is CCC[C@H](O)c1ccncc1-c1ccc(C#N)c(OC)c1. The van der Waals surface area contributed by atoms with Crippen LogP contribution in [0.1, 0.15) is 37.0 Å². The molecule has 0 aliphatic carbocycles. The molecule has 0 amide bonds. The number of nitriles is 1. The molecule has 0 saturated carbocycles. The van der Waals surface area contributed by atoms with Crippen molar-refractivity contribution in [1.29, 1.82) is 5.26 Å². The fourth-order valence-corrected chi connectivity index (χ4v) is 2.32. The van der Waals surface area contributed by atoms with E-state index in [2.05, 4.69) is 11.1 Å². The number of benzene rings is 1. The highest BCUT2D eigenvalue weighted by atomic mass is 16.5. The van der Waals surface area contributed by atoms with Gasteiger partial charge in [0, 0.05) is 18.0 Å². The van der Waals surface area contributed by atoms with Gasteiger partial charge in [-0.3, -0.25) is 4.98 Å². The number of methoxy groups -OCH3 is 1. The van der Waals surface area contributed by atoms with E-state index >= 15 is 0 Å². The maximum atomic E-state index is 10.3. The van der Waals surface area contributed by atoms with Crippen molar-refractivity contribution in [3.63, 3.8) is 0 Å². The third kappa shape index (κ3) is 3.21. The van der Waals surface area contributed by atoms with Gasteiger partial charge in [0.25, 0.3) is 0 Å². The van der Waals surface area contributed by atoms with Crippen molar-refractivity contribution < 1.29 is 9.84 Å². The Bertz CT molecular complexity index is 662. The highest BCUT2D eigenvalue weighted by Gasteiger charge is 2.14. The van der Waals surface area contributed by atoms with Gasteiger partial charge in [-0.15, -0.1) is 0 Å². The van der Waals surface area contributed by atoms with Crippen LogP contribution < -0.4 is 4.74 Å². The predicted molar refractivity (Wildman–Crippen MR) is 80.8 cm³/mol. The molecular formula is C17H18N2O2. The summed E-state index contributed by atoms with van der Waals surface area (Å²) < 4.78 is 5.24. The Morgan fingerprint density at radius 1 is 1.38 bits per heavy atom. The monoisotopic (exact) mass is 282 g/mol. The molecule has 0 bridgehead atoms. The average Bonchev–Trinajstić information content (AvgIpc) is 2.54. The third-order valence-corrected chi connectivity index (χ3v) is 3.41. The van der Waals surface area contributed by atoms with E-state index < -0.39 is 6.10 Å². The molecule has 0 radical (unpaired) electrons. The Morgan fingerprint density at radius 2 is 2.19 bits per heavy atom. The van der Waals surface area contributed by atoms with E-state index in [0.717, 1.165) is 23.1 Å². The lowest BCUT2D eigenvalue weighted by molar-refractivity contribution is 0.167. The van der Waals surface area contributed by atoms with Gasteiger partial charge in [0.2, 0.25) is 0 Å². The summed E-state index contributed by atoms with van der Waals surface area (Å²) in [5, 5.41) is 19.3. The zero-order chi connectivity index (χ0) is 15.2. The molecule has 0 aliphatic heterocycles. The lowest BCUT2D eigenvalue weighted by Gasteiger charge is -2.15. The van der Waals surface area contributed by atoms with Gasteiger partial charge in [-0.05, 0) is 35.7 Å². The molecule has 4 nitrogen and oxygen atoms in total. The lowest BCUT2D eigenvalue weighted by atomic mass is 9.95. The maximum absolute atomic E-state index is 10.3. The van der Waals surface area contributed by atoms with Crippen LogP contribution in [0.4, 0.5) is 0 Å². The van der Waals surface area contributed by atoms with Gasteiger partial charge in [0.05, 0.1) is 18.8 Å². The van der Waals surface area contributed by atoms with Gasteiger partial charge in [0.15, 0.2) is 0 Å². The standard InChI is InChI=1S/C17H18N2O2/c1-3-4-16(20)14-7-8-19-11-15(14)12-5-6-13(10-18)17(9-12)21-2/h5-9,11,16,20H,3-4H2,1-2H3/t16-/m0/s1. The Hall–Kier alpha value is -2.38. The average molecular weight is 282 g/mol. The first kappa shape index (κ1) is 15.0. The molecule has 1 aromatic heterocycles. The molecule has 0 aliphatic rings. The van der Waals surface area contributed by atoms with Crippen molar-refractivity contribution in [3.05, 3.63) is 47.8 Å². The summed E-state index contributed by atoms with van der Waals surface area (Å²) in [7, 11) is 1.54. The van der Waals surface area contributed by atoms with E-state index in [1.54, 1.807) is 24.5 Å². The number of aliphatic hydroxyl groups is 1. The lowest BCUT2D eigenvalue weighted by Crippen LogP contribution is -2.00. The van der Waals surface area contributed by atoms with Gasteiger partial charge < -0.3 is 9.84 Å². The predicted octanol–water partition coefficient (Wildman–Crippen LogP) is 3.46. The van der Waals surface area contributed by atoms with E-state index in [9.17, 15) is 5.11 Å². The third-order valence-electron chi connectivity index (χ3n) is 3.41. The number of aliphatic hydroxyl groups excluding tert-OH is 1. The first-order chi connectivity index (χ1) is 10.2. The second-order valence-corrected chi connectivity index (χ2v) is 4.79. The molecule has 0 spiro atoms. The van der Waals surface area contributed by atoms with Crippen molar-refractivity contribution in [2.75, 3.05) is 7.11 Å². The molecule has 4 heteroatoms. The number of pyridine rings is 1. The van der Waals surface area contributed by atoms with Crippen LogP contribution in [-0.4, -0.2) is 17.2 Å². The fourth-order valence-electron chi connectivity index (χ4n) is 2.32. The van der Waals surface area contributed by atoms with Crippen LogP contribution in [0.3, 0.4) is 0 Å². The molecular weight excluding hydrogens is 264 g/mol. The van der Waals surface area contributed by atoms with E-state index in [-0.39, 0.29) is 0 Å². The van der Waals surface area contributed by atoms with Crippen molar-refractivity contribution in [2.24, 2.45) is 0 Å². The number of ether oxygens (including phenoxy) is 1. The summed E-state index contributed by atoms with van der Waals surface area (Å²) in [6, 6.07) is 9.30. The van der Waals surface area contributed by atoms with Crippen molar-refractivity contribution >= 4 is 0 Å². The van der Waals surface area contributed by atoms with Crippen molar-refractivity contribution in [2.45, 2.75) is 25.9 Å². The first-order valence-electron chi connectivity index (χ1n) is 6.91. The summed E-state index contributed by atoms with van der Waals surface area (Å²) >= 11 is 0. The molecule has 2 rings (SSSR count). The van der Waals surface area contributed by atoms with E-state index in [0.29, 0.717) is 17.7 Å². The van der Waals surface area contributed by atoms with Crippen molar-refractivity contribution in [3.8, 4) is 22.9 Å². The van der Waals surface area contributed by atoms with Gasteiger partial charge >= 0.3 is 0 Å². The summed E-state index contributed by atoms with van der Waals surface area (Å²) in [6.07, 6.45) is 4.49. The highest BCUT2D eigenvalue weighted by molar-refractivity contribution is 5.70. The summed E-state index contributed by atoms with van der Waals surface area (Å²) in [5.41, 5.74) is 3.07. The van der Waals surface area contributed by atoms with Gasteiger partial charge in [-0.1, -0.05) is 19.4 Å². The molecule has 1 heterocycles. The molecule has 0 unspecified atom stereocenters. The fraction of sp³-hybridized carbons (Fsp3) is 0.294. The Kier molecular flexibility index (Phi) is 4.91. The van der Waals surface area contributed by atoms with Gasteiger partial charge in [-0.25, -0.2) is 0 Å². The quantitative estimate of drug-likeness (QED) is 0.912. The van der Waals surface area contributed by atoms with Crippen molar-refractivity contribution in [1.82, 2.24) is 4.98 Å². The minimum atomic E-state index is -0.519. The molecule has 2 aromatic rings. The van der Waals surface area contributed by atoms with Crippen LogP contribution >= 0.6 is 0 Å². The number of aromatic nitrogens is 1. The number of nitrogens with zero attached hydrogens (tertiary/aromatic N) is 2. The molecule has 0 saturated heterocycles. The van der Waals surface area contributed by atoms with Crippen LogP contribution in [0.15, 0.2) is 36.7 Å². The molecule has 1 N–H and O–H groups in total. The van der Waals surface area contributed by atoms with Crippen LogP contribution in [0.2, 0.25) is 0 Å². The second kappa shape index (κ2) is 6.87. The molecule has 0 fully saturated rings. The van der Waals surface area contributed by atoms with Crippen LogP contribution in [0.5, 0.6) is 5.75 Å². The number of rotatable bonds is 5. The normalized spacial score (nSPS) is 11.7. The van der Waals surface area contributed by atoms with Crippen LogP contribution in [-0.2, 0) is 0 Å². The Labute approximate surface area is 124 Å². The topological polar surface area (TPSA) is 66.1 Å². The Balaban J connectivity index is 2.50. The van der Waals surface area contributed by atoms with Crippen LogP contribution in [0.25, 0.3) is 11.1 Å². The van der Waals surface area contributed by atoms with Crippen LogP contribution in [0, 0.1) is 11.3 Å². The first-order valence-corrected chi connectivity index (χ1v) is 6.91. The zero-order valence-corrected chi connectivity index (χ0v) is 12.2. The van der Waals surface area contributed by atoms with E-state index in [1.807, 2.05) is 19.1 Å². The van der Waals surface area contributed by atoms with E-state index in [1.165, 1.54) is 7.11 Å². The molecule has 1 aromatic carbocycles. The summed E-state index contributed by atoms with van der Waals surface area (Å²) in [5.74, 6) is 0.523. The Morgan fingerprint density at radius 3 is 2.86 bits per heavy atom. The molecule has 108 valence electrons. The number of hydrogen-bond acceptors (Lipinski definition) is 4.